The molecule has 2 rings (SSSR count). The largest absolute Gasteiger partial charge is 0.310 e. The van der Waals surface area contributed by atoms with Gasteiger partial charge in [0, 0.05) is 25.0 Å². The van der Waals surface area contributed by atoms with E-state index in [0.29, 0.717) is 0 Å². The van der Waals surface area contributed by atoms with E-state index in [0.717, 1.165) is 18.5 Å². The Morgan fingerprint density at radius 1 is 1.67 bits per heavy atom. The number of rotatable bonds is 3. The molecule has 0 aromatic carbocycles. The number of hydrogen-bond donors (Lipinski definition) is 1. The molecule has 0 unspecified atom stereocenters. The third-order valence-electron chi connectivity index (χ3n) is 2.40. The molecule has 12 heavy (non-hydrogen) atoms. The zero-order valence-corrected chi connectivity index (χ0v) is 7.33. The fraction of sp³-hybridized carbons (Fsp3) is 0.500. The molecule has 1 heterocycles. The Morgan fingerprint density at radius 2 is 2.50 bits per heavy atom. The van der Waals surface area contributed by atoms with E-state index in [9.17, 15) is 0 Å². The standard InChI is InChI=1S/C10H14N2/c1-8-5-10(8)12-7-9-3-2-4-11-6-9/h2-4,6,8,10,12H,5,7H2,1H3/t8-,10-/m1/s1. The lowest BCUT2D eigenvalue weighted by atomic mass is 10.3. The van der Waals surface area contributed by atoms with Crippen LogP contribution in [0.5, 0.6) is 0 Å². The predicted molar refractivity (Wildman–Crippen MR) is 48.6 cm³/mol. The maximum Gasteiger partial charge on any atom is 0.0312 e. The fourth-order valence-corrected chi connectivity index (χ4v) is 1.36. The van der Waals surface area contributed by atoms with E-state index in [1.54, 1.807) is 0 Å². The smallest absolute Gasteiger partial charge is 0.0312 e. The quantitative estimate of drug-likeness (QED) is 0.730. The molecule has 2 heteroatoms. The normalized spacial score (nSPS) is 27.1. The van der Waals surface area contributed by atoms with Crippen LogP contribution < -0.4 is 5.32 Å². The number of pyridine rings is 1. The van der Waals surface area contributed by atoms with Crippen LogP contribution in [0.15, 0.2) is 24.5 Å². The predicted octanol–water partition coefficient (Wildman–Crippen LogP) is 1.58. The van der Waals surface area contributed by atoms with Crippen LogP contribution in [0.2, 0.25) is 0 Å². The van der Waals surface area contributed by atoms with Crippen molar-refractivity contribution in [2.75, 3.05) is 0 Å². The Kier molecular flexibility index (Phi) is 2.09. The molecular formula is C10H14N2. The maximum absolute atomic E-state index is 4.06. The highest BCUT2D eigenvalue weighted by Gasteiger charge is 2.31. The van der Waals surface area contributed by atoms with Gasteiger partial charge in [0.2, 0.25) is 0 Å². The van der Waals surface area contributed by atoms with Crippen LogP contribution in [0.4, 0.5) is 0 Å². The number of nitrogens with zero attached hydrogens (tertiary/aromatic N) is 1. The van der Waals surface area contributed by atoms with E-state index >= 15 is 0 Å². The molecule has 1 aromatic rings. The lowest BCUT2D eigenvalue weighted by Crippen LogP contribution is -2.16. The molecule has 1 aromatic heterocycles. The summed E-state index contributed by atoms with van der Waals surface area (Å²) in [4.78, 5) is 4.06. The van der Waals surface area contributed by atoms with Gasteiger partial charge in [-0.05, 0) is 24.0 Å². The van der Waals surface area contributed by atoms with Crippen molar-refractivity contribution in [3.8, 4) is 0 Å². The summed E-state index contributed by atoms with van der Waals surface area (Å²) in [5.41, 5.74) is 1.27. The van der Waals surface area contributed by atoms with Crippen LogP contribution >= 0.6 is 0 Å². The summed E-state index contributed by atoms with van der Waals surface area (Å²) in [6, 6.07) is 4.84. The first kappa shape index (κ1) is 7.74. The summed E-state index contributed by atoms with van der Waals surface area (Å²) in [5.74, 6) is 0.877. The number of hydrogen-bond acceptors (Lipinski definition) is 2. The molecule has 64 valence electrons. The molecule has 2 nitrogen and oxygen atoms in total. The molecule has 1 saturated carbocycles. The highest BCUT2D eigenvalue weighted by atomic mass is 15.0. The summed E-state index contributed by atoms with van der Waals surface area (Å²) in [7, 11) is 0. The Morgan fingerprint density at radius 3 is 3.08 bits per heavy atom. The Hall–Kier alpha value is -0.890. The second kappa shape index (κ2) is 3.23. The van der Waals surface area contributed by atoms with Crippen molar-refractivity contribution >= 4 is 0 Å². The van der Waals surface area contributed by atoms with Gasteiger partial charge in [0.25, 0.3) is 0 Å². The van der Waals surface area contributed by atoms with Crippen LogP contribution in [0.3, 0.4) is 0 Å². The first-order chi connectivity index (χ1) is 5.86. The number of aromatic nitrogens is 1. The van der Waals surface area contributed by atoms with Gasteiger partial charge in [-0.3, -0.25) is 4.98 Å². The molecule has 0 amide bonds. The van der Waals surface area contributed by atoms with Crippen LogP contribution in [-0.2, 0) is 6.54 Å². The van der Waals surface area contributed by atoms with Gasteiger partial charge < -0.3 is 5.32 Å². The summed E-state index contributed by atoms with van der Waals surface area (Å²) >= 11 is 0. The van der Waals surface area contributed by atoms with Gasteiger partial charge in [0.1, 0.15) is 0 Å². The first-order valence-corrected chi connectivity index (χ1v) is 4.48. The zero-order chi connectivity index (χ0) is 8.39. The van der Waals surface area contributed by atoms with Gasteiger partial charge in [0.05, 0.1) is 0 Å². The molecular weight excluding hydrogens is 148 g/mol. The van der Waals surface area contributed by atoms with Gasteiger partial charge in [-0.1, -0.05) is 13.0 Å². The lowest BCUT2D eigenvalue weighted by molar-refractivity contribution is 0.651. The summed E-state index contributed by atoms with van der Waals surface area (Å²) in [5, 5.41) is 3.48. The third-order valence-corrected chi connectivity index (χ3v) is 2.40. The van der Waals surface area contributed by atoms with E-state index in [4.69, 9.17) is 0 Å². The lowest BCUT2D eigenvalue weighted by Gasteiger charge is -2.01. The van der Waals surface area contributed by atoms with Crippen LogP contribution in [0.1, 0.15) is 18.9 Å². The van der Waals surface area contributed by atoms with E-state index in [1.807, 2.05) is 18.5 Å². The zero-order valence-electron chi connectivity index (χ0n) is 7.33. The van der Waals surface area contributed by atoms with Gasteiger partial charge in [-0.2, -0.15) is 0 Å². The van der Waals surface area contributed by atoms with Crippen LogP contribution in [0, 0.1) is 5.92 Å². The Labute approximate surface area is 73.0 Å². The average Bonchev–Trinajstić information content (AvgIpc) is 2.81. The Bertz CT molecular complexity index is 245. The van der Waals surface area contributed by atoms with Crippen molar-refractivity contribution in [1.29, 1.82) is 0 Å². The molecule has 0 aliphatic heterocycles. The van der Waals surface area contributed by atoms with Gasteiger partial charge >= 0.3 is 0 Å². The van der Waals surface area contributed by atoms with Gasteiger partial charge in [-0.15, -0.1) is 0 Å². The SMILES string of the molecule is C[C@@H]1C[C@H]1NCc1cccnc1. The molecule has 0 bridgehead atoms. The van der Waals surface area contributed by atoms with E-state index in [2.05, 4.69) is 23.3 Å². The van der Waals surface area contributed by atoms with Crippen molar-refractivity contribution < 1.29 is 0 Å². The van der Waals surface area contributed by atoms with E-state index < -0.39 is 0 Å². The van der Waals surface area contributed by atoms with E-state index in [1.165, 1.54) is 12.0 Å². The molecule has 1 fully saturated rings. The summed E-state index contributed by atoms with van der Waals surface area (Å²) in [6.07, 6.45) is 5.06. The van der Waals surface area contributed by atoms with Crippen molar-refractivity contribution in [3.05, 3.63) is 30.1 Å². The topological polar surface area (TPSA) is 24.9 Å². The number of nitrogens with one attached hydrogen (secondary N) is 1. The highest BCUT2D eigenvalue weighted by Crippen LogP contribution is 2.29. The average molecular weight is 162 g/mol. The van der Waals surface area contributed by atoms with Crippen molar-refractivity contribution in [3.63, 3.8) is 0 Å². The van der Waals surface area contributed by atoms with Crippen LogP contribution in [-0.4, -0.2) is 11.0 Å². The second-order valence-electron chi connectivity index (χ2n) is 3.56. The van der Waals surface area contributed by atoms with E-state index in [-0.39, 0.29) is 0 Å². The molecule has 0 saturated heterocycles. The monoisotopic (exact) mass is 162 g/mol. The fourth-order valence-electron chi connectivity index (χ4n) is 1.36. The minimum atomic E-state index is 0.755. The molecule has 1 aliphatic carbocycles. The summed E-state index contributed by atoms with van der Waals surface area (Å²) in [6.45, 7) is 3.24. The highest BCUT2D eigenvalue weighted by molar-refractivity contribution is 5.08. The maximum atomic E-state index is 4.06. The van der Waals surface area contributed by atoms with Crippen LogP contribution in [0.25, 0.3) is 0 Å². The third kappa shape index (κ3) is 1.83. The van der Waals surface area contributed by atoms with Gasteiger partial charge in [0.15, 0.2) is 0 Å². The van der Waals surface area contributed by atoms with Crippen molar-refractivity contribution in [2.24, 2.45) is 5.92 Å². The Balaban J connectivity index is 1.80. The molecule has 2 atom stereocenters. The second-order valence-corrected chi connectivity index (χ2v) is 3.56. The van der Waals surface area contributed by atoms with Crippen molar-refractivity contribution in [2.45, 2.75) is 25.9 Å². The molecule has 1 aliphatic rings. The van der Waals surface area contributed by atoms with Crippen molar-refractivity contribution in [1.82, 2.24) is 10.3 Å². The summed E-state index contributed by atoms with van der Waals surface area (Å²) < 4.78 is 0. The minimum Gasteiger partial charge on any atom is -0.310 e. The first-order valence-electron chi connectivity index (χ1n) is 4.48. The van der Waals surface area contributed by atoms with Gasteiger partial charge in [-0.25, -0.2) is 0 Å². The minimum absolute atomic E-state index is 0.755. The molecule has 0 radical (unpaired) electrons. The molecule has 1 N–H and O–H groups in total. The molecule has 0 spiro atoms.